The quantitative estimate of drug-likeness (QED) is 0.0414. The molecular formula is C70H122N2O26. The Morgan fingerprint density at radius 2 is 1.06 bits per heavy atom. The van der Waals surface area contributed by atoms with Crippen LogP contribution >= 0.6 is 0 Å². The van der Waals surface area contributed by atoms with Crippen LogP contribution in [0.4, 0.5) is 5.69 Å². The minimum absolute atomic E-state index is 0.0426. The molecule has 28 nitrogen and oxygen atoms in total. The summed E-state index contributed by atoms with van der Waals surface area (Å²) in [7, 11) is 0. The molecule has 28 heteroatoms. The molecule has 5 rings (SSSR count). The maximum Gasteiger partial charge on any atom is 0.364 e. The van der Waals surface area contributed by atoms with Crippen LogP contribution in [0.2, 0.25) is 0 Å². The van der Waals surface area contributed by atoms with Gasteiger partial charge in [-0.3, -0.25) is 9.59 Å². The van der Waals surface area contributed by atoms with Gasteiger partial charge < -0.3 is 124 Å². The van der Waals surface area contributed by atoms with Crippen molar-refractivity contribution in [1.29, 1.82) is 0 Å². The molecule has 4 aliphatic rings. The van der Waals surface area contributed by atoms with Crippen LogP contribution in [-0.2, 0) is 68.4 Å². The van der Waals surface area contributed by atoms with Crippen molar-refractivity contribution in [3.8, 4) is 0 Å². The number of benzene rings is 1. The van der Waals surface area contributed by atoms with E-state index in [0.717, 1.165) is 56.7 Å². The van der Waals surface area contributed by atoms with Crippen molar-refractivity contribution in [2.24, 2.45) is 5.92 Å². The SMILES string of the molecule is CCCCCCCCCCCCCCC(CCCCCCCCCCCCCC)C(=O)Nc1ccc(COCCOCCO[C@@H]2O[C@H](CO)[C@@H](O[C@@H]3O[C@H](CO)[C@H](O)[C@H](O[C@]4(C(=O)O)C[C@H](O)[C@@H](NC(C)=O)[C@H]([C@H](O)[C@H](O)CO)O4)[C@H]3O)[C@H](O[C@@H]3O[C@@H](C)[C@@H](O)[C@@H](O)[C@@H]3O)[C@H]2O)cc1. The van der Waals surface area contributed by atoms with Gasteiger partial charge in [-0.15, -0.1) is 0 Å². The number of aliphatic hydroxyl groups is 12. The number of hydrogen-bond donors (Lipinski definition) is 15. The predicted molar refractivity (Wildman–Crippen MR) is 355 cm³/mol. The molecular weight excluding hydrogens is 1280 g/mol. The number of unbranched alkanes of at least 4 members (excludes halogenated alkanes) is 22. The number of hydrogen-bond acceptors (Lipinski definition) is 25. The van der Waals surface area contributed by atoms with Gasteiger partial charge in [0.1, 0.15) is 85.5 Å². The average Bonchev–Trinajstić information content (AvgIpc) is 0.759. The lowest BCUT2D eigenvalue weighted by Gasteiger charge is -2.51. The van der Waals surface area contributed by atoms with Crippen LogP contribution in [0, 0.1) is 5.92 Å². The predicted octanol–water partition coefficient (Wildman–Crippen LogP) is 3.62. The minimum Gasteiger partial charge on any atom is -0.477 e. The summed E-state index contributed by atoms with van der Waals surface area (Å²) >= 11 is 0. The summed E-state index contributed by atoms with van der Waals surface area (Å²) in [6, 6.07) is 5.94. The van der Waals surface area contributed by atoms with Crippen molar-refractivity contribution in [2.45, 2.75) is 336 Å². The maximum atomic E-state index is 13.8. The summed E-state index contributed by atoms with van der Waals surface area (Å²) in [5.74, 6) is -5.91. The van der Waals surface area contributed by atoms with Crippen molar-refractivity contribution in [1.82, 2.24) is 5.32 Å². The Morgan fingerprint density at radius 3 is 1.58 bits per heavy atom. The standard InChI is InChI=1S/C70H122N2O26/c1-5-7-9-11-13-15-17-19-21-23-25-27-29-47(30-28-26-24-22-20-18-16-14-12-10-8-6-2)65(86)72-48-33-31-46(32-34-48)43-90-36-35-89-37-38-91-66-60(85)64(96-67-58(83)57(82)54(79)44(3)92-67)61(52(42-75)94-66)95-68-59(84)63(56(81)51(41-74)93-68)98-70(69(87)88)39-49(77)53(71-45(4)76)62(97-70)55(80)50(78)40-73/h31-34,44,47,49-64,66-68,73-75,77-85H,5-30,35-43H2,1-4H3,(H,71,76)(H,72,86)(H,87,88)/t44-,49-,50+,51+,52+,53+,54+,55+,56-,57+,58-,59+,60+,61+,62+,63-,64+,66+,67-,68-,70-/m0/s1. The van der Waals surface area contributed by atoms with Gasteiger partial charge in [0.2, 0.25) is 11.8 Å². The third-order valence-electron chi connectivity index (χ3n) is 19.1. The topological polar surface area (TPSA) is 431 Å². The number of carboxylic acid groups (broad SMARTS) is 1. The average molecular weight is 1410 g/mol. The van der Waals surface area contributed by atoms with Crippen molar-refractivity contribution in [3.63, 3.8) is 0 Å². The molecule has 4 aliphatic heterocycles. The number of aliphatic carboxylic acids is 1. The third kappa shape index (κ3) is 27.4. The highest BCUT2D eigenvalue weighted by molar-refractivity contribution is 5.92. The van der Waals surface area contributed by atoms with Crippen LogP contribution in [-0.4, -0.2) is 259 Å². The Morgan fingerprint density at radius 1 is 0.571 bits per heavy atom. The fourth-order valence-corrected chi connectivity index (χ4v) is 13.1. The molecule has 0 saturated carbocycles. The van der Waals surface area contributed by atoms with Crippen molar-refractivity contribution in [3.05, 3.63) is 29.8 Å². The van der Waals surface area contributed by atoms with Crippen LogP contribution in [0.3, 0.4) is 0 Å². The van der Waals surface area contributed by atoms with Crippen LogP contribution < -0.4 is 10.6 Å². The Labute approximate surface area is 578 Å². The number of rotatable bonds is 50. The van der Waals surface area contributed by atoms with Gasteiger partial charge in [0.05, 0.1) is 71.1 Å². The normalized spacial score (nSPS) is 31.3. The molecule has 0 radical (unpaired) electrons. The van der Waals surface area contributed by atoms with E-state index in [1.165, 1.54) is 135 Å². The summed E-state index contributed by atoms with van der Waals surface area (Å²) in [5.41, 5.74) is 1.60. The van der Waals surface area contributed by atoms with E-state index in [1.54, 1.807) is 0 Å². The molecule has 98 heavy (non-hydrogen) atoms. The molecule has 0 unspecified atom stereocenters. The zero-order chi connectivity index (χ0) is 71.6. The molecule has 4 saturated heterocycles. The molecule has 1 aromatic rings. The monoisotopic (exact) mass is 1410 g/mol. The highest BCUT2D eigenvalue weighted by atomic mass is 16.8. The number of ether oxygens (including phenoxy) is 10. The number of nitrogens with one attached hydrogen (secondary N) is 2. The first-order valence-corrected chi connectivity index (χ1v) is 36.4. The van der Waals surface area contributed by atoms with E-state index in [2.05, 4.69) is 24.5 Å². The first kappa shape index (κ1) is 85.4. The number of carbonyl (C=O) groups excluding carboxylic acids is 2. The smallest absolute Gasteiger partial charge is 0.364 e. The number of anilines is 1. The number of amides is 2. The van der Waals surface area contributed by atoms with Crippen molar-refractivity contribution in [2.75, 3.05) is 51.6 Å². The van der Waals surface area contributed by atoms with Crippen molar-refractivity contribution >= 4 is 23.5 Å². The van der Waals surface area contributed by atoms with Crippen molar-refractivity contribution < 1.29 is 128 Å². The van der Waals surface area contributed by atoms with Gasteiger partial charge in [-0.1, -0.05) is 180 Å². The zero-order valence-corrected chi connectivity index (χ0v) is 58.3. The second-order valence-electron chi connectivity index (χ2n) is 27.0. The van der Waals surface area contributed by atoms with Gasteiger partial charge in [-0.05, 0) is 37.5 Å². The molecule has 0 aliphatic carbocycles. The summed E-state index contributed by atoms with van der Waals surface area (Å²) in [6.07, 6.45) is -4.94. The molecule has 4 heterocycles. The molecule has 0 bridgehead atoms. The molecule has 568 valence electrons. The molecule has 15 N–H and O–H groups in total. The zero-order valence-electron chi connectivity index (χ0n) is 58.3. The number of carboxylic acids is 1. The van der Waals surface area contributed by atoms with Crippen LogP contribution in [0.1, 0.15) is 207 Å². The molecule has 21 atom stereocenters. The summed E-state index contributed by atoms with van der Waals surface area (Å²) < 4.78 is 58.5. The summed E-state index contributed by atoms with van der Waals surface area (Å²) in [4.78, 5) is 39.1. The highest BCUT2D eigenvalue weighted by Gasteiger charge is 2.61. The molecule has 0 spiro atoms. The fourth-order valence-electron chi connectivity index (χ4n) is 13.1. The van der Waals surface area contributed by atoms with Crippen LogP contribution in [0.15, 0.2) is 24.3 Å². The lowest BCUT2D eigenvalue weighted by atomic mass is 9.88. The maximum absolute atomic E-state index is 13.8. The highest BCUT2D eigenvalue weighted by Crippen LogP contribution is 2.40. The van der Waals surface area contributed by atoms with Gasteiger partial charge in [-0.25, -0.2) is 4.79 Å². The Hall–Kier alpha value is -3.25. The van der Waals surface area contributed by atoms with Crippen LogP contribution in [0.5, 0.6) is 0 Å². The number of carbonyl (C=O) groups is 3. The third-order valence-corrected chi connectivity index (χ3v) is 19.1. The van der Waals surface area contributed by atoms with Gasteiger partial charge in [0.25, 0.3) is 5.79 Å². The fraction of sp³-hybridized carbons (Fsp3) is 0.871. The van der Waals surface area contributed by atoms with E-state index in [0.29, 0.717) is 0 Å². The first-order chi connectivity index (χ1) is 47.1. The molecule has 2 amide bonds. The Kier molecular flexibility index (Phi) is 40.5. The number of aliphatic hydroxyl groups excluding tert-OH is 12. The Balaban J connectivity index is 1.14. The van der Waals surface area contributed by atoms with Gasteiger partial charge in [0.15, 0.2) is 18.9 Å². The first-order valence-electron chi connectivity index (χ1n) is 36.4. The van der Waals surface area contributed by atoms with E-state index >= 15 is 0 Å². The largest absolute Gasteiger partial charge is 0.477 e. The summed E-state index contributed by atoms with van der Waals surface area (Å²) in [5, 5.41) is 147. The Bertz CT molecular complexity index is 2290. The summed E-state index contributed by atoms with van der Waals surface area (Å²) in [6.45, 7) is 4.01. The van der Waals surface area contributed by atoms with E-state index < -0.39 is 166 Å². The van der Waals surface area contributed by atoms with E-state index in [4.69, 9.17) is 47.4 Å². The molecule has 0 aromatic heterocycles. The van der Waals surface area contributed by atoms with Gasteiger partial charge in [-0.2, -0.15) is 0 Å². The second kappa shape index (κ2) is 46.5. The second-order valence-corrected chi connectivity index (χ2v) is 27.0. The lowest BCUT2D eigenvalue weighted by Crippen LogP contribution is -2.71. The van der Waals surface area contributed by atoms with Gasteiger partial charge >= 0.3 is 5.97 Å². The van der Waals surface area contributed by atoms with Gasteiger partial charge in [0, 0.05) is 24.9 Å². The molecule has 1 aromatic carbocycles. The van der Waals surface area contributed by atoms with E-state index in [9.17, 15) is 80.8 Å². The lowest BCUT2D eigenvalue weighted by molar-refractivity contribution is -0.398. The minimum atomic E-state index is -3.14. The van der Waals surface area contributed by atoms with Crippen LogP contribution in [0.25, 0.3) is 0 Å². The molecule has 4 fully saturated rings. The van der Waals surface area contributed by atoms with E-state index in [-0.39, 0.29) is 44.9 Å². The van der Waals surface area contributed by atoms with E-state index in [1.807, 2.05) is 24.3 Å².